The second-order valence-electron chi connectivity index (χ2n) is 4.45. The highest BCUT2D eigenvalue weighted by molar-refractivity contribution is 5.92. The van der Waals surface area contributed by atoms with Crippen LogP contribution < -0.4 is 10.1 Å². The molecular formula is C14H19NO4. The summed E-state index contributed by atoms with van der Waals surface area (Å²) in [6, 6.07) is 7.31. The standard InChI is InChI=1S/C14H19NO4/c1-14(18,10-16)9-15-13(17)8-7-11-5-3-4-6-12(11)19-2/h3-8,16,18H,9-10H2,1-2H3,(H,15,17). The largest absolute Gasteiger partial charge is 0.496 e. The summed E-state index contributed by atoms with van der Waals surface area (Å²) in [6.07, 6.45) is 2.98. The van der Waals surface area contributed by atoms with Crippen LogP contribution in [0.3, 0.4) is 0 Å². The van der Waals surface area contributed by atoms with E-state index < -0.39 is 12.2 Å². The number of benzene rings is 1. The molecule has 1 atom stereocenters. The van der Waals surface area contributed by atoms with Gasteiger partial charge in [-0.3, -0.25) is 4.79 Å². The second kappa shape index (κ2) is 6.92. The molecule has 1 amide bonds. The number of amides is 1. The Kier molecular flexibility index (Phi) is 5.54. The van der Waals surface area contributed by atoms with Gasteiger partial charge in [-0.2, -0.15) is 0 Å². The Morgan fingerprint density at radius 1 is 1.47 bits per heavy atom. The van der Waals surface area contributed by atoms with E-state index in [4.69, 9.17) is 9.84 Å². The highest BCUT2D eigenvalue weighted by Gasteiger charge is 2.18. The SMILES string of the molecule is COc1ccccc1C=CC(=O)NCC(C)(O)CO. The number of nitrogens with one attached hydrogen (secondary N) is 1. The molecule has 0 saturated heterocycles. The Balaban J connectivity index is 2.59. The third kappa shape index (κ3) is 5.11. The van der Waals surface area contributed by atoms with Crippen molar-refractivity contribution in [1.29, 1.82) is 0 Å². The summed E-state index contributed by atoms with van der Waals surface area (Å²) in [7, 11) is 1.56. The maximum atomic E-state index is 11.5. The Morgan fingerprint density at radius 2 is 2.16 bits per heavy atom. The fourth-order valence-corrected chi connectivity index (χ4v) is 1.36. The zero-order valence-electron chi connectivity index (χ0n) is 11.1. The summed E-state index contributed by atoms with van der Waals surface area (Å²) in [5.74, 6) is 0.327. The lowest BCUT2D eigenvalue weighted by molar-refractivity contribution is -0.117. The lowest BCUT2D eigenvalue weighted by Gasteiger charge is -2.19. The molecule has 1 aromatic carbocycles. The number of rotatable bonds is 6. The topological polar surface area (TPSA) is 78.8 Å². The first-order valence-corrected chi connectivity index (χ1v) is 5.91. The summed E-state index contributed by atoms with van der Waals surface area (Å²) < 4.78 is 5.15. The third-order valence-electron chi connectivity index (χ3n) is 2.54. The summed E-state index contributed by atoms with van der Waals surface area (Å²) in [4.78, 5) is 11.5. The molecular weight excluding hydrogens is 246 g/mol. The molecule has 5 nitrogen and oxygen atoms in total. The van der Waals surface area contributed by atoms with Gasteiger partial charge in [0.05, 0.1) is 13.7 Å². The van der Waals surface area contributed by atoms with Crippen molar-refractivity contribution in [1.82, 2.24) is 5.32 Å². The van der Waals surface area contributed by atoms with E-state index >= 15 is 0 Å². The van der Waals surface area contributed by atoms with Crippen molar-refractivity contribution in [2.45, 2.75) is 12.5 Å². The molecule has 19 heavy (non-hydrogen) atoms. The van der Waals surface area contributed by atoms with Crippen LogP contribution in [0.4, 0.5) is 0 Å². The maximum absolute atomic E-state index is 11.5. The maximum Gasteiger partial charge on any atom is 0.244 e. The van der Waals surface area contributed by atoms with E-state index in [0.717, 1.165) is 5.56 Å². The van der Waals surface area contributed by atoms with Gasteiger partial charge in [0.1, 0.15) is 11.4 Å². The van der Waals surface area contributed by atoms with Crippen molar-refractivity contribution in [2.75, 3.05) is 20.3 Å². The molecule has 0 heterocycles. The van der Waals surface area contributed by atoms with Gasteiger partial charge < -0.3 is 20.3 Å². The van der Waals surface area contributed by atoms with Gasteiger partial charge >= 0.3 is 0 Å². The fourth-order valence-electron chi connectivity index (χ4n) is 1.36. The van der Waals surface area contributed by atoms with Crippen LogP contribution in [0.2, 0.25) is 0 Å². The van der Waals surface area contributed by atoms with E-state index in [1.54, 1.807) is 19.3 Å². The summed E-state index contributed by atoms with van der Waals surface area (Å²) in [5.41, 5.74) is -0.525. The summed E-state index contributed by atoms with van der Waals surface area (Å²) >= 11 is 0. The van der Waals surface area contributed by atoms with Crippen LogP contribution in [0.15, 0.2) is 30.3 Å². The molecule has 0 aliphatic carbocycles. The molecule has 0 bridgehead atoms. The molecule has 0 radical (unpaired) electrons. The number of ether oxygens (including phenoxy) is 1. The highest BCUT2D eigenvalue weighted by Crippen LogP contribution is 2.18. The molecule has 0 spiro atoms. The van der Waals surface area contributed by atoms with Crippen molar-refractivity contribution in [3.63, 3.8) is 0 Å². The number of hydrogen-bond acceptors (Lipinski definition) is 4. The zero-order valence-corrected chi connectivity index (χ0v) is 11.1. The average molecular weight is 265 g/mol. The van der Waals surface area contributed by atoms with Crippen LogP contribution in [0.5, 0.6) is 5.75 Å². The molecule has 1 aromatic rings. The quantitative estimate of drug-likeness (QED) is 0.657. The Bertz CT molecular complexity index is 455. The van der Waals surface area contributed by atoms with Crippen LogP contribution in [-0.2, 0) is 4.79 Å². The molecule has 104 valence electrons. The van der Waals surface area contributed by atoms with E-state index in [0.29, 0.717) is 5.75 Å². The van der Waals surface area contributed by atoms with Gasteiger partial charge in [-0.05, 0) is 19.1 Å². The number of aliphatic hydroxyl groups excluding tert-OH is 1. The van der Waals surface area contributed by atoms with Crippen LogP contribution >= 0.6 is 0 Å². The number of methoxy groups -OCH3 is 1. The molecule has 3 N–H and O–H groups in total. The number of aliphatic hydroxyl groups is 2. The van der Waals surface area contributed by atoms with Crippen LogP contribution in [0, 0.1) is 0 Å². The zero-order chi connectivity index (χ0) is 14.3. The molecule has 1 rings (SSSR count). The lowest BCUT2D eigenvalue weighted by atomic mass is 10.1. The van der Waals surface area contributed by atoms with Gasteiger partial charge in [0, 0.05) is 18.2 Å². The van der Waals surface area contributed by atoms with Crippen molar-refractivity contribution >= 4 is 12.0 Å². The van der Waals surface area contributed by atoms with E-state index in [9.17, 15) is 9.90 Å². The van der Waals surface area contributed by atoms with Gasteiger partial charge in [-0.25, -0.2) is 0 Å². The van der Waals surface area contributed by atoms with Crippen molar-refractivity contribution in [3.8, 4) is 5.75 Å². The minimum Gasteiger partial charge on any atom is -0.496 e. The number of para-hydroxylation sites is 1. The minimum atomic E-state index is -1.31. The molecule has 5 heteroatoms. The Labute approximate surface area is 112 Å². The monoisotopic (exact) mass is 265 g/mol. The summed E-state index contributed by atoms with van der Waals surface area (Å²) in [6.45, 7) is 1.01. The third-order valence-corrected chi connectivity index (χ3v) is 2.54. The molecule has 0 saturated carbocycles. The van der Waals surface area contributed by atoms with Crippen LogP contribution in [0.25, 0.3) is 6.08 Å². The van der Waals surface area contributed by atoms with E-state index in [1.807, 2.05) is 18.2 Å². The first-order valence-electron chi connectivity index (χ1n) is 5.91. The van der Waals surface area contributed by atoms with Gasteiger partial charge in [0.25, 0.3) is 0 Å². The van der Waals surface area contributed by atoms with Gasteiger partial charge in [-0.15, -0.1) is 0 Å². The average Bonchev–Trinajstić information content (AvgIpc) is 2.43. The molecule has 0 aliphatic rings. The van der Waals surface area contributed by atoms with Gasteiger partial charge in [-0.1, -0.05) is 18.2 Å². The first-order chi connectivity index (χ1) is 8.98. The van der Waals surface area contributed by atoms with E-state index in [-0.39, 0.29) is 12.5 Å². The predicted molar refractivity (Wildman–Crippen MR) is 72.7 cm³/mol. The second-order valence-corrected chi connectivity index (χ2v) is 4.45. The minimum absolute atomic E-state index is 0.0153. The lowest BCUT2D eigenvalue weighted by Crippen LogP contribution is -2.42. The molecule has 1 unspecified atom stereocenters. The molecule has 0 aromatic heterocycles. The first kappa shape index (κ1) is 15.2. The number of carbonyl (C=O) groups excluding carboxylic acids is 1. The van der Waals surface area contributed by atoms with Crippen molar-refractivity contribution < 1.29 is 19.7 Å². The number of hydrogen-bond donors (Lipinski definition) is 3. The highest BCUT2D eigenvalue weighted by atomic mass is 16.5. The van der Waals surface area contributed by atoms with Crippen LogP contribution in [0.1, 0.15) is 12.5 Å². The normalized spacial score (nSPS) is 14.1. The van der Waals surface area contributed by atoms with Gasteiger partial charge in [0.15, 0.2) is 0 Å². The predicted octanol–water partition coefficient (Wildman–Crippen LogP) is 0.568. The van der Waals surface area contributed by atoms with Crippen molar-refractivity contribution in [2.24, 2.45) is 0 Å². The van der Waals surface area contributed by atoms with E-state index in [1.165, 1.54) is 13.0 Å². The Hall–Kier alpha value is -1.85. The fraction of sp³-hybridized carbons (Fsp3) is 0.357. The smallest absolute Gasteiger partial charge is 0.244 e. The summed E-state index contributed by atoms with van der Waals surface area (Å²) in [5, 5.41) is 20.9. The van der Waals surface area contributed by atoms with Crippen molar-refractivity contribution in [3.05, 3.63) is 35.9 Å². The number of carbonyl (C=O) groups is 1. The van der Waals surface area contributed by atoms with E-state index in [2.05, 4.69) is 5.32 Å². The Morgan fingerprint density at radius 3 is 2.79 bits per heavy atom. The van der Waals surface area contributed by atoms with Crippen LogP contribution in [-0.4, -0.2) is 42.0 Å². The molecule has 0 fully saturated rings. The van der Waals surface area contributed by atoms with Gasteiger partial charge in [0.2, 0.25) is 5.91 Å². The molecule has 0 aliphatic heterocycles.